The first-order valence-corrected chi connectivity index (χ1v) is 28.4. The van der Waals surface area contributed by atoms with Gasteiger partial charge in [0.2, 0.25) is 0 Å². The topological polar surface area (TPSA) is 149 Å². The zero-order chi connectivity index (χ0) is 49.5. The first-order chi connectivity index (χ1) is 34.1. The van der Waals surface area contributed by atoms with E-state index in [0.717, 1.165) is 52.7 Å². The number of piperazine rings is 2. The number of rotatable bonds is 6. The standard InChI is InChI=1S/C31H33N3O5S.C23H19N3O2S3/c1-17(2)26(36)39-25-24(35)34-28-30(22-12-8-9-13-23(22)32-28,21-15-14-19-10-6-7-11-20(19)21)16-31(34,29(38)33(25)5)40-27(37)18(3)4;1-25-19-18(27)26-20-22(16-8-4-5-9-17(16)24-20,12-23(26,21(25)28)30-31-29-19)15-11-10-13-6-2-3-7-14(13)15/h6-13,15,17-18,25,28,32H,14,16H2,1-5H3;2-9,11,19-20,24H,10,12H2,1H3/t25-,28-,30+,31+;19-,20+,22-,23-/m10/s1. The molecule has 17 heteroatoms. The van der Waals surface area contributed by atoms with Gasteiger partial charge in [0.05, 0.1) is 16.7 Å². The van der Waals surface area contributed by atoms with E-state index in [-0.39, 0.29) is 35.4 Å². The Balaban J connectivity index is 0.000000150. The number of carbonyl (C=O) groups excluding carboxylic acids is 6. The summed E-state index contributed by atoms with van der Waals surface area (Å²) in [7, 11) is 7.87. The molecule has 1 spiro atoms. The van der Waals surface area contributed by atoms with Crippen molar-refractivity contribution in [2.75, 3.05) is 24.7 Å². The molecule has 13 nitrogen and oxygen atoms in total. The van der Waals surface area contributed by atoms with Gasteiger partial charge < -0.3 is 20.3 Å². The van der Waals surface area contributed by atoms with Crippen LogP contribution in [0.3, 0.4) is 0 Å². The molecule has 71 heavy (non-hydrogen) atoms. The van der Waals surface area contributed by atoms with Crippen molar-refractivity contribution in [3.8, 4) is 0 Å². The van der Waals surface area contributed by atoms with Crippen LogP contribution in [0.15, 0.2) is 109 Å². The second-order valence-electron chi connectivity index (χ2n) is 20.4. The quantitative estimate of drug-likeness (QED) is 0.141. The largest absolute Gasteiger partial charge is 0.431 e. The highest BCUT2D eigenvalue weighted by molar-refractivity contribution is 9.10. The molecule has 14 rings (SSSR count). The highest BCUT2D eigenvalue weighted by atomic mass is 33.5. The number of likely N-dealkylation sites (N-methyl/N-ethyl adjacent to an activating group) is 2. The average molecular weight is 1030 g/mol. The van der Waals surface area contributed by atoms with Gasteiger partial charge in [-0.2, -0.15) is 0 Å². The van der Waals surface area contributed by atoms with E-state index in [0.29, 0.717) is 6.42 Å². The maximum atomic E-state index is 14.5. The fraction of sp³-hybridized carbons (Fsp3) is 0.370. The van der Waals surface area contributed by atoms with Gasteiger partial charge in [-0.3, -0.25) is 43.5 Å². The Bertz CT molecular complexity index is 3110. The monoisotopic (exact) mass is 1020 g/mol. The first kappa shape index (κ1) is 46.5. The number of nitrogens with zero attached hydrogens (tertiary/aromatic N) is 4. The Hall–Kier alpha value is -5.62. The lowest BCUT2D eigenvalue weighted by molar-refractivity contribution is -0.189. The van der Waals surface area contributed by atoms with Crippen LogP contribution in [0.1, 0.15) is 73.9 Å². The van der Waals surface area contributed by atoms with E-state index in [2.05, 4.69) is 77.4 Å². The number of carbonyl (C=O) groups is 6. The number of hydrogen-bond acceptors (Lipinski definition) is 13. The molecule has 0 radical (unpaired) electrons. The van der Waals surface area contributed by atoms with Gasteiger partial charge in [0.15, 0.2) is 20.2 Å². The first-order valence-electron chi connectivity index (χ1n) is 24.1. The van der Waals surface area contributed by atoms with Gasteiger partial charge in [-0.25, -0.2) is 0 Å². The second-order valence-corrected chi connectivity index (χ2v) is 26.0. The Morgan fingerprint density at radius 1 is 0.662 bits per heavy atom. The number of para-hydroxylation sites is 2. The van der Waals surface area contributed by atoms with Crippen molar-refractivity contribution in [2.24, 2.45) is 11.8 Å². The van der Waals surface area contributed by atoms with Gasteiger partial charge in [0.25, 0.3) is 29.9 Å². The molecular formula is C54H52N6O7S4. The summed E-state index contributed by atoms with van der Waals surface area (Å²) in [5.74, 6) is -2.27. The number of nitrogens with one attached hydrogen (secondary N) is 2. The van der Waals surface area contributed by atoms with Crippen molar-refractivity contribution in [2.45, 2.75) is 97.9 Å². The lowest BCUT2D eigenvalue weighted by atomic mass is 9.70. The lowest BCUT2D eigenvalue weighted by Gasteiger charge is -2.47. The summed E-state index contributed by atoms with van der Waals surface area (Å²) in [6.07, 6.45) is 4.56. The van der Waals surface area contributed by atoms with E-state index in [4.69, 9.17) is 4.74 Å². The average Bonchev–Trinajstić information content (AvgIpc) is 4.19. The third-order valence-electron chi connectivity index (χ3n) is 15.9. The van der Waals surface area contributed by atoms with Crippen LogP contribution in [-0.2, 0) is 57.2 Å². The SMILES string of the molecule is CC(C)C(=O)O[C@@H]1C(=O)N2[C@H]3Nc4ccccc4[C@@]3(C3=CCc4ccccc43)C[C@]2(SC(=O)C(C)C)C(=O)N1C.CN1C(=O)[C@@]23C[C@]4(C5=CCc6ccccc65)c5ccccc5N[C@@H]4N2C(=O)[C@@H]1SSS3. The maximum absolute atomic E-state index is 14.5. The maximum Gasteiger partial charge on any atom is 0.310 e. The predicted molar refractivity (Wildman–Crippen MR) is 280 cm³/mol. The summed E-state index contributed by atoms with van der Waals surface area (Å²) in [5, 5.41) is 6.58. The van der Waals surface area contributed by atoms with Crippen LogP contribution in [0, 0.1) is 11.8 Å². The Kier molecular flexibility index (Phi) is 10.8. The molecule has 8 atom stereocenters. The highest BCUT2D eigenvalue weighted by Gasteiger charge is 2.75. The predicted octanol–water partition coefficient (Wildman–Crippen LogP) is 8.24. The fourth-order valence-corrected chi connectivity index (χ4v) is 19.5. The Morgan fingerprint density at radius 3 is 1.77 bits per heavy atom. The third kappa shape index (κ3) is 6.24. The normalized spacial score (nSPS) is 31.0. The third-order valence-corrected chi connectivity index (χ3v) is 22.2. The number of amides is 4. The second kappa shape index (κ2) is 16.5. The van der Waals surface area contributed by atoms with Crippen LogP contribution in [0.4, 0.5) is 11.4 Å². The molecular weight excluding hydrogens is 973 g/mol. The van der Waals surface area contributed by atoms with Crippen LogP contribution >= 0.6 is 43.2 Å². The molecule has 4 aromatic rings. The summed E-state index contributed by atoms with van der Waals surface area (Å²) < 4.78 is 5.63. The van der Waals surface area contributed by atoms with E-state index in [1.807, 2.05) is 47.4 Å². The van der Waals surface area contributed by atoms with Gasteiger partial charge in [0.1, 0.15) is 12.3 Å². The minimum Gasteiger partial charge on any atom is -0.431 e. The molecule has 0 aromatic heterocycles. The van der Waals surface area contributed by atoms with Gasteiger partial charge in [0, 0.05) is 44.2 Å². The van der Waals surface area contributed by atoms with Gasteiger partial charge in [-0.15, -0.1) is 0 Å². The van der Waals surface area contributed by atoms with Crippen LogP contribution in [-0.4, -0.2) is 102 Å². The number of benzene rings is 4. The molecule has 0 saturated carbocycles. The molecule has 8 heterocycles. The van der Waals surface area contributed by atoms with Crippen molar-refractivity contribution in [1.82, 2.24) is 19.6 Å². The number of anilines is 2. The molecule has 10 aliphatic rings. The molecule has 8 aliphatic heterocycles. The van der Waals surface area contributed by atoms with E-state index < -0.39 is 62.0 Å². The summed E-state index contributed by atoms with van der Waals surface area (Å²) in [4.78, 5) is 86.3. The van der Waals surface area contributed by atoms with Crippen LogP contribution in [0.5, 0.6) is 0 Å². The van der Waals surface area contributed by atoms with Crippen molar-refractivity contribution in [3.05, 3.63) is 143 Å². The number of allylic oxidation sites excluding steroid dienone is 2. The summed E-state index contributed by atoms with van der Waals surface area (Å²) in [6, 6.07) is 33.0. The Morgan fingerprint density at radius 2 is 1.20 bits per heavy atom. The molecule has 364 valence electrons. The molecule has 0 unspecified atom stereocenters. The van der Waals surface area contributed by atoms with Gasteiger partial charge >= 0.3 is 5.97 Å². The fourth-order valence-electron chi connectivity index (χ4n) is 12.7. The van der Waals surface area contributed by atoms with Gasteiger partial charge in [-0.1, -0.05) is 125 Å². The summed E-state index contributed by atoms with van der Waals surface area (Å²) >= 11 is 0.927. The number of ether oxygens (including phenoxy) is 1. The number of thioether (sulfide) groups is 1. The lowest BCUT2D eigenvalue weighted by Crippen LogP contribution is -2.70. The number of fused-ring (bicyclic) bond motifs is 13. The molecule has 2 N–H and O–H groups in total. The zero-order valence-electron chi connectivity index (χ0n) is 40.0. The number of esters is 1. The van der Waals surface area contributed by atoms with E-state index in [1.165, 1.54) is 55.5 Å². The molecule has 6 fully saturated rings. The van der Waals surface area contributed by atoms with Crippen LogP contribution < -0.4 is 10.6 Å². The Labute approximate surface area is 428 Å². The zero-order valence-corrected chi connectivity index (χ0v) is 43.2. The van der Waals surface area contributed by atoms with E-state index in [9.17, 15) is 28.8 Å². The van der Waals surface area contributed by atoms with Crippen molar-refractivity contribution >= 4 is 100 Å². The van der Waals surface area contributed by atoms with Crippen LogP contribution in [0.25, 0.3) is 11.1 Å². The van der Waals surface area contributed by atoms with E-state index >= 15 is 0 Å². The minimum atomic E-state index is -1.52. The van der Waals surface area contributed by atoms with Crippen molar-refractivity contribution in [1.29, 1.82) is 0 Å². The summed E-state index contributed by atoms with van der Waals surface area (Å²) in [5.41, 5.74) is 9.94. The smallest absolute Gasteiger partial charge is 0.310 e. The molecule has 2 aliphatic carbocycles. The molecule has 4 aromatic carbocycles. The molecule has 4 amide bonds. The van der Waals surface area contributed by atoms with E-state index in [1.54, 1.807) is 60.3 Å². The summed E-state index contributed by atoms with van der Waals surface area (Å²) in [6.45, 7) is 6.94. The highest BCUT2D eigenvalue weighted by Crippen LogP contribution is 2.70. The molecule has 2 bridgehead atoms. The minimum absolute atomic E-state index is 0.0312. The van der Waals surface area contributed by atoms with Crippen molar-refractivity contribution in [3.63, 3.8) is 0 Å². The van der Waals surface area contributed by atoms with Crippen molar-refractivity contribution < 1.29 is 33.5 Å². The van der Waals surface area contributed by atoms with Gasteiger partial charge in [-0.05, 0) is 113 Å². The number of hydrogen-bond donors (Lipinski definition) is 2. The van der Waals surface area contributed by atoms with Crippen LogP contribution in [0.2, 0.25) is 0 Å². The molecule has 6 saturated heterocycles.